The first-order chi connectivity index (χ1) is 8.49. The van der Waals surface area contributed by atoms with Crippen LogP contribution in [-0.4, -0.2) is 16.1 Å². The van der Waals surface area contributed by atoms with Crippen molar-refractivity contribution in [3.63, 3.8) is 0 Å². The molecular weight excluding hydrogens is 293 g/mol. The number of thiazole rings is 1. The first-order valence-electron chi connectivity index (χ1n) is 5.11. The molecule has 0 aliphatic heterocycles. The molecule has 2 rings (SSSR count). The Kier molecular flexibility index (Phi) is 3.90. The van der Waals surface area contributed by atoms with Crippen molar-refractivity contribution in [2.75, 3.05) is 0 Å². The highest BCUT2D eigenvalue weighted by molar-refractivity contribution is 7.13. The molecule has 1 heterocycles. The van der Waals surface area contributed by atoms with Gasteiger partial charge in [-0.15, -0.1) is 11.3 Å². The van der Waals surface area contributed by atoms with Gasteiger partial charge in [-0.3, -0.25) is 0 Å². The second kappa shape index (κ2) is 5.26. The molecule has 1 aromatic heterocycles. The molecule has 2 aromatic rings. The summed E-state index contributed by atoms with van der Waals surface area (Å²) < 4.78 is 0. The fraction of sp³-hybridized carbons (Fsp3) is 0.167. The van der Waals surface area contributed by atoms with Crippen LogP contribution in [0, 0.1) is 6.92 Å². The van der Waals surface area contributed by atoms with Crippen molar-refractivity contribution in [2.45, 2.75) is 13.3 Å². The Balaban J connectivity index is 2.35. The molecule has 0 atom stereocenters. The summed E-state index contributed by atoms with van der Waals surface area (Å²) in [6.45, 7) is 1.68. The Morgan fingerprint density at radius 3 is 2.50 bits per heavy atom. The van der Waals surface area contributed by atoms with Crippen molar-refractivity contribution in [3.8, 4) is 0 Å². The summed E-state index contributed by atoms with van der Waals surface area (Å²) in [6, 6.07) is 5.27. The number of nitrogens with zero attached hydrogens (tertiary/aromatic N) is 1. The van der Waals surface area contributed by atoms with Crippen molar-refractivity contribution >= 4 is 40.5 Å². The zero-order valence-corrected chi connectivity index (χ0v) is 11.7. The number of rotatable bonds is 3. The molecule has 0 saturated heterocycles. The van der Waals surface area contributed by atoms with E-state index in [-0.39, 0.29) is 4.88 Å². The number of carboxylic acid groups (broad SMARTS) is 1. The van der Waals surface area contributed by atoms with Gasteiger partial charge in [0.25, 0.3) is 0 Å². The first kappa shape index (κ1) is 13.3. The minimum Gasteiger partial charge on any atom is -0.477 e. The molecule has 0 saturated carbocycles. The van der Waals surface area contributed by atoms with Crippen LogP contribution in [0.1, 0.15) is 25.9 Å². The lowest BCUT2D eigenvalue weighted by Crippen LogP contribution is -1.94. The van der Waals surface area contributed by atoms with Gasteiger partial charge in [-0.1, -0.05) is 29.3 Å². The Hall–Kier alpha value is -1.10. The number of aromatic carboxylic acids is 1. The number of benzene rings is 1. The quantitative estimate of drug-likeness (QED) is 0.930. The molecule has 0 amide bonds. The van der Waals surface area contributed by atoms with Gasteiger partial charge >= 0.3 is 5.97 Å². The van der Waals surface area contributed by atoms with Crippen LogP contribution in [0.2, 0.25) is 10.0 Å². The summed E-state index contributed by atoms with van der Waals surface area (Å²) in [4.78, 5) is 15.4. The van der Waals surface area contributed by atoms with Gasteiger partial charge in [-0.05, 0) is 24.6 Å². The van der Waals surface area contributed by atoms with E-state index in [4.69, 9.17) is 28.3 Å². The molecule has 1 N–H and O–H groups in total. The van der Waals surface area contributed by atoms with Crippen molar-refractivity contribution in [3.05, 3.63) is 49.4 Å². The molecule has 94 valence electrons. The van der Waals surface area contributed by atoms with E-state index in [9.17, 15) is 4.79 Å². The average Bonchev–Trinajstić information content (AvgIpc) is 2.65. The van der Waals surface area contributed by atoms with Crippen LogP contribution in [0.3, 0.4) is 0 Å². The Labute approximate surface area is 118 Å². The van der Waals surface area contributed by atoms with Crippen LogP contribution in [-0.2, 0) is 6.42 Å². The van der Waals surface area contributed by atoms with Gasteiger partial charge in [0.05, 0.1) is 10.7 Å². The van der Waals surface area contributed by atoms with Crippen molar-refractivity contribution in [2.24, 2.45) is 0 Å². The molecule has 0 unspecified atom stereocenters. The fourth-order valence-corrected chi connectivity index (χ4v) is 3.03. The number of carboxylic acids is 1. The monoisotopic (exact) mass is 301 g/mol. The number of carbonyl (C=O) groups is 1. The third-order valence-electron chi connectivity index (χ3n) is 2.42. The van der Waals surface area contributed by atoms with Gasteiger partial charge < -0.3 is 5.11 Å². The van der Waals surface area contributed by atoms with Gasteiger partial charge in [0.15, 0.2) is 0 Å². The highest BCUT2D eigenvalue weighted by Gasteiger charge is 2.15. The summed E-state index contributed by atoms with van der Waals surface area (Å²) in [5.41, 5.74) is 1.29. The minimum absolute atomic E-state index is 0.258. The third kappa shape index (κ3) is 2.66. The van der Waals surface area contributed by atoms with Crippen LogP contribution in [0.5, 0.6) is 0 Å². The number of aromatic nitrogens is 1. The fourth-order valence-electron chi connectivity index (χ4n) is 1.58. The predicted molar refractivity (Wildman–Crippen MR) is 73.1 cm³/mol. The second-order valence-corrected chi connectivity index (χ2v) is 5.60. The van der Waals surface area contributed by atoms with Crippen LogP contribution < -0.4 is 0 Å². The minimum atomic E-state index is -0.957. The molecule has 18 heavy (non-hydrogen) atoms. The van der Waals surface area contributed by atoms with Crippen LogP contribution in [0.4, 0.5) is 0 Å². The Morgan fingerprint density at radius 1 is 1.39 bits per heavy atom. The summed E-state index contributed by atoms with van der Waals surface area (Å²) in [5, 5.41) is 10.8. The molecule has 0 bridgehead atoms. The lowest BCUT2D eigenvalue weighted by molar-refractivity contribution is 0.0701. The largest absolute Gasteiger partial charge is 0.477 e. The third-order valence-corrected chi connectivity index (χ3v) is 4.28. The maximum absolute atomic E-state index is 10.9. The van der Waals surface area contributed by atoms with E-state index in [0.717, 1.165) is 16.9 Å². The number of hydrogen-bond donors (Lipinski definition) is 1. The second-order valence-electron chi connectivity index (χ2n) is 3.70. The summed E-state index contributed by atoms with van der Waals surface area (Å²) in [7, 11) is 0. The predicted octanol–water partition coefficient (Wildman–Crippen LogP) is 4.05. The Morgan fingerprint density at radius 2 is 2.00 bits per heavy atom. The smallest absolute Gasteiger partial charge is 0.347 e. The van der Waals surface area contributed by atoms with Gasteiger partial charge in [0.1, 0.15) is 4.88 Å². The van der Waals surface area contributed by atoms with Gasteiger partial charge in [0.2, 0.25) is 0 Å². The average molecular weight is 302 g/mol. The molecule has 1 aromatic carbocycles. The van der Waals surface area contributed by atoms with E-state index in [1.54, 1.807) is 25.1 Å². The molecule has 6 heteroatoms. The van der Waals surface area contributed by atoms with E-state index in [0.29, 0.717) is 27.2 Å². The highest BCUT2D eigenvalue weighted by atomic mass is 35.5. The van der Waals surface area contributed by atoms with Gasteiger partial charge in [0, 0.05) is 16.5 Å². The maximum Gasteiger partial charge on any atom is 0.347 e. The number of halogens is 2. The lowest BCUT2D eigenvalue weighted by Gasteiger charge is -2.03. The van der Waals surface area contributed by atoms with E-state index in [1.807, 2.05) is 0 Å². The number of aryl methyl sites for hydroxylation is 1. The molecule has 0 spiro atoms. The SMILES string of the molecule is Cc1nc(Cc2c(Cl)cccc2Cl)sc1C(=O)O. The summed E-state index contributed by atoms with van der Waals surface area (Å²) >= 11 is 13.3. The molecule has 0 aliphatic rings. The van der Waals surface area contributed by atoms with E-state index in [2.05, 4.69) is 4.98 Å². The van der Waals surface area contributed by atoms with Crippen LogP contribution in [0.15, 0.2) is 18.2 Å². The topological polar surface area (TPSA) is 50.2 Å². The van der Waals surface area contributed by atoms with E-state index >= 15 is 0 Å². The lowest BCUT2D eigenvalue weighted by atomic mass is 10.1. The van der Waals surface area contributed by atoms with Crippen LogP contribution >= 0.6 is 34.5 Å². The number of hydrogen-bond acceptors (Lipinski definition) is 3. The van der Waals surface area contributed by atoms with E-state index in [1.165, 1.54) is 0 Å². The summed E-state index contributed by atoms with van der Waals surface area (Å²) in [6.07, 6.45) is 0.442. The molecule has 0 fully saturated rings. The molecule has 3 nitrogen and oxygen atoms in total. The summed E-state index contributed by atoms with van der Waals surface area (Å²) in [5.74, 6) is -0.957. The molecular formula is C12H9Cl2NO2S. The van der Waals surface area contributed by atoms with Crippen LogP contribution in [0.25, 0.3) is 0 Å². The normalized spacial score (nSPS) is 10.6. The van der Waals surface area contributed by atoms with Gasteiger partial charge in [-0.2, -0.15) is 0 Å². The van der Waals surface area contributed by atoms with Crippen molar-refractivity contribution in [1.82, 2.24) is 4.98 Å². The van der Waals surface area contributed by atoms with E-state index < -0.39 is 5.97 Å². The molecule has 0 radical (unpaired) electrons. The first-order valence-corrected chi connectivity index (χ1v) is 6.68. The van der Waals surface area contributed by atoms with Crippen molar-refractivity contribution in [1.29, 1.82) is 0 Å². The highest BCUT2D eigenvalue weighted by Crippen LogP contribution is 2.29. The van der Waals surface area contributed by atoms with Crippen molar-refractivity contribution < 1.29 is 9.90 Å². The zero-order chi connectivity index (χ0) is 13.3. The molecule has 0 aliphatic carbocycles. The zero-order valence-electron chi connectivity index (χ0n) is 9.41. The standard InChI is InChI=1S/C12H9Cl2NO2S/c1-6-11(12(16)17)18-10(15-6)5-7-8(13)3-2-4-9(7)14/h2-4H,5H2,1H3,(H,16,17). The Bertz CT molecular complexity index is 590. The van der Waals surface area contributed by atoms with Gasteiger partial charge in [-0.25, -0.2) is 9.78 Å². The maximum atomic E-state index is 10.9.